The average Bonchev–Trinajstić information content (AvgIpc) is 2.87. The standard InChI is InChI=1S/C15H19NO4/c1-10(11-4-6-13(19-2)7-5-11)16-9-12(8-14(16)17)15(18)20-3/h4-7,10,12H,8-9H2,1-3H3/t10-,12+/m1/s1. The number of carbonyl (C=O) groups excluding carboxylic acids is 2. The fourth-order valence-corrected chi connectivity index (χ4v) is 2.49. The van der Waals surface area contributed by atoms with Gasteiger partial charge in [0.25, 0.3) is 0 Å². The largest absolute Gasteiger partial charge is 0.497 e. The van der Waals surface area contributed by atoms with Crippen LogP contribution in [0, 0.1) is 5.92 Å². The zero-order valence-corrected chi connectivity index (χ0v) is 12.0. The zero-order valence-electron chi connectivity index (χ0n) is 12.0. The summed E-state index contributed by atoms with van der Waals surface area (Å²) in [4.78, 5) is 25.3. The van der Waals surface area contributed by atoms with Crippen molar-refractivity contribution in [3.63, 3.8) is 0 Å². The van der Waals surface area contributed by atoms with Crippen molar-refractivity contribution in [2.45, 2.75) is 19.4 Å². The molecular weight excluding hydrogens is 258 g/mol. The van der Waals surface area contributed by atoms with Crippen LogP contribution < -0.4 is 4.74 Å². The molecule has 1 aliphatic rings. The summed E-state index contributed by atoms with van der Waals surface area (Å²) in [6, 6.07) is 7.53. The van der Waals surface area contributed by atoms with E-state index < -0.39 is 0 Å². The van der Waals surface area contributed by atoms with Gasteiger partial charge in [-0.3, -0.25) is 9.59 Å². The minimum Gasteiger partial charge on any atom is -0.497 e. The number of benzene rings is 1. The molecule has 2 atom stereocenters. The van der Waals surface area contributed by atoms with Gasteiger partial charge in [0.15, 0.2) is 0 Å². The maximum atomic E-state index is 12.0. The minimum absolute atomic E-state index is 0.0104. The smallest absolute Gasteiger partial charge is 0.310 e. The summed E-state index contributed by atoms with van der Waals surface area (Å²) < 4.78 is 9.83. The molecule has 20 heavy (non-hydrogen) atoms. The van der Waals surface area contributed by atoms with Crippen LogP contribution in [0.2, 0.25) is 0 Å². The van der Waals surface area contributed by atoms with Crippen LogP contribution in [0.1, 0.15) is 24.9 Å². The molecule has 5 nitrogen and oxygen atoms in total. The summed E-state index contributed by atoms with van der Waals surface area (Å²) in [5.74, 6) is 0.0980. The van der Waals surface area contributed by atoms with Gasteiger partial charge in [-0.25, -0.2) is 0 Å². The van der Waals surface area contributed by atoms with Gasteiger partial charge in [-0.2, -0.15) is 0 Å². The summed E-state index contributed by atoms with van der Waals surface area (Å²) in [5.41, 5.74) is 1.02. The lowest BCUT2D eigenvalue weighted by Crippen LogP contribution is -2.29. The Labute approximate surface area is 118 Å². The van der Waals surface area contributed by atoms with Crippen molar-refractivity contribution in [3.05, 3.63) is 29.8 Å². The van der Waals surface area contributed by atoms with E-state index in [4.69, 9.17) is 9.47 Å². The van der Waals surface area contributed by atoms with Gasteiger partial charge in [0.1, 0.15) is 5.75 Å². The van der Waals surface area contributed by atoms with Crippen molar-refractivity contribution >= 4 is 11.9 Å². The molecule has 0 bridgehead atoms. The third kappa shape index (κ3) is 2.76. The van der Waals surface area contributed by atoms with Crippen molar-refractivity contribution in [3.8, 4) is 5.75 Å². The second-order valence-electron chi connectivity index (χ2n) is 4.92. The molecule has 0 spiro atoms. The Balaban J connectivity index is 2.10. The van der Waals surface area contributed by atoms with Crippen LogP contribution in [-0.2, 0) is 14.3 Å². The lowest BCUT2D eigenvalue weighted by Gasteiger charge is -2.25. The van der Waals surface area contributed by atoms with E-state index in [1.54, 1.807) is 12.0 Å². The van der Waals surface area contributed by atoms with Crippen LogP contribution in [0.5, 0.6) is 5.75 Å². The molecule has 0 unspecified atom stereocenters. The van der Waals surface area contributed by atoms with Gasteiger partial charge in [0.05, 0.1) is 26.2 Å². The van der Waals surface area contributed by atoms with Gasteiger partial charge in [0.2, 0.25) is 5.91 Å². The summed E-state index contributed by atoms with van der Waals surface area (Å²) in [7, 11) is 2.96. The van der Waals surface area contributed by atoms with Gasteiger partial charge >= 0.3 is 5.97 Å². The van der Waals surface area contributed by atoms with E-state index in [0.717, 1.165) is 11.3 Å². The van der Waals surface area contributed by atoms with Gasteiger partial charge in [-0.1, -0.05) is 12.1 Å². The van der Waals surface area contributed by atoms with Gasteiger partial charge in [-0.15, -0.1) is 0 Å². The maximum Gasteiger partial charge on any atom is 0.310 e. The lowest BCUT2D eigenvalue weighted by atomic mass is 10.1. The van der Waals surface area contributed by atoms with E-state index in [9.17, 15) is 9.59 Å². The SMILES string of the molecule is COC(=O)[C@H]1CC(=O)N([C@H](C)c2ccc(OC)cc2)C1. The van der Waals surface area contributed by atoms with E-state index in [1.165, 1.54) is 7.11 Å². The number of carbonyl (C=O) groups is 2. The van der Waals surface area contributed by atoms with E-state index in [-0.39, 0.29) is 30.3 Å². The number of hydrogen-bond acceptors (Lipinski definition) is 4. The molecule has 108 valence electrons. The highest BCUT2D eigenvalue weighted by molar-refractivity contribution is 5.87. The molecule has 0 saturated carbocycles. The summed E-state index contributed by atoms with van der Waals surface area (Å²) in [6.07, 6.45) is 0.229. The highest BCUT2D eigenvalue weighted by atomic mass is 16.5. The summed E-state index contributed by atoms with van der Waals surface area (Å²) >= 11 is 0. The quantitative estimate of drug-likeness (QED) is 0.787. The Bertz CT molecular complexity index is 497. The van der Waals surface area contributed by atoms with Gasteiger partial charge < -0.3 is 14.4 Å². The molecule has 0 N–H and O–H groups in total. The van der Waals surface area contributed by atoms with Crippen molar-refractivity contribution in [1.29, 1.82) is 0 Å². The minimum atomic E-state index is -0.354. The van der Waals surface area contributed by atoms with Crippen LogP contribution in [0.4, 0.5) is 0 Å². The molecule has 1 amide bonds. The zero-order chi connectivity index (χ0) is 14.7. The van der Waals surface area contributed by atoms with Crippen LogP contribution >= 0.6 is 0 Å². The molecule has 5 heteroatoms. The number of methoxy groups -OCH3 is 2. The second-order valence-corrected chi connectivity index (χ2v) is 4.92. The Hall–Kier alpha value is -2.04. The van der Waals surface area contributed by atoms with E-state index >= 15 is 0 Å². The maximum absolute atomic E-state index is 12.0. The van der Waals surface area contributed by atoms with E-state index in [1.807, 2.05) is 31.2 Å². The second kappa shape index (κ2) is 5.94. The predicted octanol–water partition coefficient (Wildman–Crippen LogP) is 1.78. The molecule has 1 aromatic rings. The highest BCUT2D eigenvalue weighted by Gasteiger charge is 2.37. The number of ether oxygens (including phenoxy) is 2. The van der Waals surface area contributed by atoms with E-state index in [2.05, 4.69) is 0 Å². The van der Waals surface area contributed by atoms with Crippen molar-refractivity contribution < 1.29 is 19.1 Å². The fourth-order valence-electron chi connectivity index (χ4n) is 2.49. The summed E-state index contributed by atoms with van der Waals surface area (Å²) in [5, 5.41) is 0. The fraction of sp³-hybridized carbons (Fsp3) is 0.467. The van der Waals surface area contributed by atoms with Crippen LogP contribution in [-0.4, -0.2) is 37.5 Å². The summed E-state index contributed by atoms with van der Waals surface area (Å²) in [6.45, 7) is 2.37. The van der Waals surface area contributed by atoms with Crippen molar-refractivity contribution in [2.75, 3.05) is 20.8 Å². The monoisotopic (exact) mass is 277 g/mol. The number of hydrogen-bond donors (Lipinski definition) is 0. The first kappa shape index (κ1) is 14.4. The molecule has 0 radical (unpaired) electrons. The number of likely N-dealkylation sites (tertiary alicyclic amines) is 1. The normalized spacial score (nSPS) is 19.9. The first-order valence-electron chi connectivity index (χ1n) is 6.58. The van der Waals surface area contributed by atoms with Gasteiger partial charge in [-0.05, 0) is 24.6 Å². The highest BCUT2D eigenvalue weighted by Crippen LogP contribution is 2.29. The first-order chi connectivity index (χ1) is 9.56. The topological polar surface area (TPSA) is 55.8 Å². The molecule has 1 saturated heterocycles. The molecule has 1 aromatic carbocycles. The molecule has 0 aromatic heterocycles. The van der Waals surface area contributed by atoms with Crippen LogP contribution in [0.25, 0.3) is 0 Å². The molecule has 1 heterocycles. The van der Waals surface area contributed by atoms with Crippen molar-refractivity contribution in [2.24, 2.45) is 5.92 Å². The van der Waals surface area contributed by atoms with Crippen LogP contribution in [0.15, 0.2) is 24.3 Å². The molecule has 0 aliphatic carbocycles. The third-order valence-electron chi connectivity index (χ3n) is 3.76. The van der Waals surface area contributed by atoms with E-state index in [0.29, 0.717) is 6.54 Å². The first-order valence-corrected chi connectivity index (χ1v) is 6.58. The Kier molecular flexibility index (Phi) is 4.27. The van der Waals surface area contributed by atoms with Crippen molar-refractivity contribution in [1.82, 2.24) is 4.90 Å². The third-order valence-corrected chi connectivity index (χ3v) is 3.76. The van der Waals surface area contributed by atoms with Gasteiger partial charge in [0, 0.05) is 13.0 Å². The Morgan fingerprint density at radius 3 is 2.50 bits per heavy atom. The average molecular weight is 277 g/mol. The molecule has 1 fully saturated rings. The Morgan fingerprint density at radius 2 is 1.95 bits per heavy atom. The molecule has 1 aliphatic heterocycles. The number of nitrogens with zero attached hydrogens (tertiary/aromatic N) is 1. The van der Waals surface area contributed by atoms with Crippen LogP contribution in [0.3, 0.4) is 0 Å². The number of rotatable bonds is 4. The predicted molar refractivity (Wildman–Crippen MR) is 73.2 cm³/mol. The lowest BCUT2D eigenvalue weighted by molar-refractivity contribution is -0.145. The number of esters is 1. The molecule has 2 rings (SSSR count). The molecular formula is C15H19NO4. The number of amides is 1. The Morgan fingerprint density at radius 1 is 1.30 bits per heavy atom.